The molecule has 3 atom stereocenters. The van der Waals surface area contributed by atoms with Crippen LogP contribution in [0.1, 0.15) is 42.7 Å². The molecule has 3 N–H and O–H groups in total. The van der Waals surface area contributed by atoms with Crippen LogP contribution in [0, 0.1) is 11.8 Å². The van der Waals surface area contributed by atoms with Crippen LogP contribution < -0.4 is 10.6 Å². The lowest BCUT2D eigenvalue weighted by Gasteiger charge is -2.19. The quantitative estimate of drug-likeness (QED) is 0.479. The van der Waals surface area contributed by atoms with Gasteiger partial charge in [-0.05, 0) is 41.0 Å². The zero-order chi connectivity index (χ0) is 24.8. The van der Waals surface area contributed by atoms with Gasteiger partial charge < -0.3 is 25.2 Å². The topological polar surface area (TPSA) is 114 Å². The average molecular weight is 481 g/mol. The lowest BCUT2D eigenvalue weighted by atomic mass is 9.96. The summed E-state index contributed by atoms with van der Waals surface area (Å²) in [6, 6.07) is 16.3. The molecule has 2 amide bonds. The second-order valence-corrected chi connectivity index (χ2v) is 9.21. The van der Waals surface area contributed by atoms with E-state index in [0.29, 0.717) is 13.0 Å². The summed E-state index contributed by atoms with van der Waals surface area (Å²) in [5, 5.41) is 14.8. The van der Waals surface area contributed by atoms with Gasteiger partial charge in [0, 0.05) is 26.1 Å². The van der Waals surface area contributed by atoms with Gasteiger partial charge in [0.05, 0.1) is 18.4 Å². The second kappa shape index (κ2) is 11.4. The molecule has 0 saturated heterocycles. The second-order valence-electron chi connectivity index (χ2n) is 9.21. The Morgan fingerprint density at radius 2 is 1.66 bits per heavy atom. The van der Waals surface area contributed by atoms with Gasteiger partial charge in [0.15, 0.2) is 0 Å². The van der Waals surface area contributed by atoms with E-state index in [4.69, 9.17) is 9.47 Å². The predicted octanol–water partition coefficient (Wildman–Crippen LogP) is 3.55. The summed E-state index contributed by atoms with van der Waals surface area (Å²) in [5.41, 5.74) is 4.60. The smallest absolute Gasteiger partial charge is 0.407 e. The lowest BCUT2D eigenvalue weighted by Crippen LogP contribution is -2.39. The number of aliphatic carboxylic acids is 1. The number of carboxylic acids is 1. The van der Waals surface area contributed by atoms with Crippen molar-refractivity contribution in [1.82, 2.24) is 10.6 Å². The van der Waals surface area contributed by atoms with Crippen LogP contribution in [0.15, 0.2) is 48.5 Å². The number of rotatable bonds is 10. The van der Waals surface area contributed by atoms with Crippen LogP contribution in [0.5, 0.6) is 0 Å². The highest BCUT2D eigenvalue weighted by molar-refractivity contribution is 5.79. The summed E-state index contributed by atoms with van der Waals surface area (Å²) in [6.07, 6.45) is 1.29. The number of carbonyl (C=O) groups excluding carboxylic acids is 2. The number of hydrogen-bond donors (Lipinski definition) is 3. The number of amides is 2. The van der Waals surface area contributed by atoms with Crippen molar-refractivity contribution in [2.24, 2.45) is 11.8 Å². The van der Waals surface area contributed by atoms with E-state index in [2.05, 4.69) is 34.9 Å². The summed E-state index contributed by atoms with van der Waals surface area (Å²) >= 11 is 0. The highest BCUT2D eigenvalue weighted by Crippen LogP contribution is 2.44. The maximum Gasteiger partial charge on any atom is 0.407 e. The molecule has 2 aromatic rings. The van der Waals surface area contributed by atoms with Crippen LogP contribution in [-0.2, 0) is 19.1 Å². The molecule has 0 aromatic heterocycles. The van der Waals surface area contributed by atoms with E-state index < -0.39 is 24.1 Å². The van der Waals surface area contributed by atoms with Crippen LogP contribution in [-0.4, -0.2) is 56.0 Å². The molecule has 2 aliphatic carbocycles. The van der Waals surface area contributed by atoms with Crippen molar-refractivity contribution in [3.05, 3.63) is 59.7 Å². The Labute approximate surface area is 205 Å². The summed E-state index contributed by atoms with van der Waals surface area (Å²) in [6.45, 7) is 0.679. The number of benzene rings is 2. The molecule has 8 nitrogen and oxygen atoms in total. The van der Waals surface area contributed by atoms with Crippen molar-refractivity contribution in [2.45, 2.75) is 37.7 Å². The Kier molecular flexibility index (Phi) is 8.02. The zero-order valence-corrected chi connectivity index (χ0v) is 19.9. The minimum atomic E-state index is -0.802. The first-order valence-electron chi connectivity index (χ1n) is 12.1. The lowest BCUT2D eigenvalue weighted by molar-refractivity contribution is -0.143. The summed E-state index contributed by atoms with van der Waals surface area (Å²) in [7, 11) is 1.48. The number of hydrogen-bond acceptors (Lipinski definition) is 5. The predicted molar refractivity (Wildman–Crippen MR) is 130 cm³/mol. The fraction of sp³-hybridized carbons (Fsp3) is 0.444. The van der Waals surface area contributed by atoms with Gasteiger partial charge in [-0.1, -0.05) is 55.0 Å². The van der Waals surface area contributed by atoms with Gasteiger partial charge in [0.1, 0.15) is 6.61 Å². The van der Waals surface area contributed by atoms with Gasteiger partial charge in [0.25, 0.3) is 0 Å². The van der Waals surface area contributed by atoms with E-state index in [1.807, 2.05) is 24.3 Å². The molecule has 2 aliphatic rings. The van der Waals surface area contributed by atoms with E-state index in [9.17, 15) is 19.5 Å². The number of alkyl carbamates (subject to hydrolysis) is 1. The Balaban J connectivity index is 1.22. The van der Waals surface area contributed by atoms with Gasteiger partial charge >= 0.3 is 12.1 Å². The Bertz CT molecular complexity index is 1030. The molecule has 8 heteroatoms. The van der Waals surface area contributed by atoms with E-state index in [-0.39, 0.29) is 37.3 Å². The van der Waals surface area contributed by atoms with E-state index >= 15 is 0 Å². The molecule has 2 aromatic carbocycles. The van der Waals surface area contributed by atoms with Crippen molar-refractivity contribution in [2.75, 3.05) is 26.8 Å². The highest BCUT2D eigenvalue weighted by atomic mass is 16.5. The van der Waals surface area contributed by atoms with Crippen LogP contribution in [0.25, 0.3) is 11.1 Å². The number of methoxy groups -OCH3 is 1. The monoisotopic (exact) mass is 480 g/mol. The van der Waals surface area contributed by atoms with Crippen LogP contribution in [0.3, 0.4) is 0 Å². The first kappa shape index (κ1) is 24.7. The molecule has 0 aliphatic heterocycles. The minimum absolute atomic E-state index is 0.0256. The fourth-order valence-electron chi connectivity index (χ4n) is 5.22. The number of carbonyl (C=O) groups is 3. The third kappa shape index (κ3) is 5.82. The first-order chi connectivity index (χ1) is 17.0. The standard InChI is InChI=1S/C27H32N2O6/c1-34-18(13-25(30)28-14-17-7-6-12-19(17)26(31)32)15-29-27(33)35-16-24-22-10-4-2-8-20(22)21-9-3-5-11-23(21)24/h2-5,8-11,17-19,24H,6-7,12-16H2,1H3,(H,28,30)(H,29,33)(H,31,32)/t17-,18?,19-/m0/s1. The van der Waals surface area contributed by atoms with Gasteiger partial charge in [0.2, 0.25) is 5.91 Å². The van der Waals surface area contributed by atoms with Crippen LogP contribution in [0.2, 0.25) is 0 Å². The van der Waals surface area contributed by atoms with E-state index in [1.54, 1.807) is 0 Å². The molecule has 4 rings (SSSR count). The summed E-state index contributed by atoms with van der Waals surface area (Å²) in [4.78, 5) is 36.0. The van der Waals surface area contributed by atoms with Crippen molar-refractivity contribution in [1.29, 1.82) is 0 Å². The molecule has 186 valence electrons. The van der Waals surface area contributed by atoms with Crippen molar-refractivity contribution in [3.8, 4) is 11.1 Å². The van der Waals surface area contributed by atoms with E-state index in [0.717, 1.165) is 35.1 Å². The third-order valence-corrected chi connectivity index (χ3v) is 7.10. The highest BCUT2D eigenvalue weighted by Gasteiger charge is 2.33. The Morgan fingerprint density at radius 1 is 1.00 bits per heavy atom. The number of carboxylic acid groups (broad SMARTS) is 1. The normalized spacial score (nSPS) is 19.5. The molecular formula is C27H32N2O6. The molecule has 1 fully saturated rings. The fourth-order valence-corrected chi connectivity index (χ4v) is 5.22. The number of ether oxygens (including phenoxy) is 2. The molecule has 35 heavy (non-hydrogen) atoms. The molecule has 1 unspecified atom stereocenters. The number of nitrogens with one attached hydrogen (secondary N) is 2. The molecule has 0 bridgehead atoms. The minimum Gasteiger partial charge on any atom is -0.481 e. The molecule has 0 radical (unpaired) electrons. The molecular weight excluding hydrogens is 448 g/mol. The third-order valence-electron chi connectivity index (χ3n) is 7.10. The Hall–Kier alpha value is -3.39. The van der Waals surface area contributed by atoms with Gasteiger partial charge in [-0.2, -0.15) is 0 Å². The Morgan fingerprint density at radius 3 is 2.29 bits per heavy atom. The van der Waals surface area contributed by atoms with Crippen molar-refractivity contribution in [3.63, 3.8) is 0 Å². The van der Waals surface area contributed by atoms with Crippen molar-refractivity contribution < 1.29 is 29.0 Å². The van der Waals surface area contributed by atoms with Crippen LogP contribution >= 0.6 is 0 Å². The van der Waals surface area contributed by atoms with E-state index in [1.165, 1.54) is 7.11 Å². The van der Waals surface area contributed by atoms with Crippen LogP contribution in [0.4, 0.5) is 4.79 Å². The maximum atomic E-state index is 12.4. The summed E-state index contributed by atoms with van der Waals surface area (Å²) in [5.74, 6) is -1.51. The molecule has 1 saturated carbocycles. The van der Waals surface area contributed by atoms with Crippen molar-refractivity contribution >= 4 is 18.0 Å². The first-order valence-corrected chi connectivity index (χ1v) is 12.1. The van der Waals surface area contributed by atoms with Gasteiger partial charge in [-0.25, -0.2) is 4.79 Å². The largest absolute Gasteiger partial charge is 0.481 e. The van der Waals surface area contributed by atoms with Gasteiger partial charge in [-0.15, -0.1) is 0 Å². The number of fused-ring (bicyclic) bond motifs is 3. The van der Waals surface area contributed by atoms with Gasteiger partial charge in [-0.3, -0.25) is 9.59 Å². The summed E-state index contributed by atoms with van der Waals surface area (Å²) < 4.78 is 10.9. The maximum absolute atomic E-state index is 12.4. The average Bonchev–Trinajstić information content (AvgIpc) is 3.47. The SMILES string of the molecule is COC(CNC(=O)OCC1c2ccccc2-c2ccccc21)CC(=O)NC[C@@H]1CCC[C@@H]1C(=O)O. The molecule has 0 spiro atoms. The zero-order valence-electron chi connectivity index (χ0n) is 19.9. The molecule has 0 heterocycles.